The first-order chi connectivity index (χ1) is 5.73. The van der Waals surface area contributed by atoms with Gasteiger partial charge < -0.3 is 4.90 Å². The van der Waals surface area contributed by atoms with Gasteiger partial charge in [0.15, 0.2) is 0 Å². The summed E-state index contributed by atoms with van der Waals surface area (Å²) >= 11 is 0. The molecule has 4 saturated carbocycles. The molecule has 13 heavy (non-hydrogen) atoms. The second kappa shape index (κ2) is 2.09. The summed E-state index contributed by atoms with van der Waals surface area (Å²) in [4.78, 5) is 2.60. The minimum Gasteiger partial charge on any atom is -0.305 e. The van der Waals surface area contributed by atoms with E-state index < -0.39 is 0 Å². The van der Waals surface area contributed by atoms with Gasteiger partial charge in [-0.1, -0.05) is 0 Å². The second-order valence-electron chi connectivity index (χ2n) is 6.07. The van der Waals surface area contributed by atoms with Crippen molar-refractivity contribution in [3.8, 4) is 0 Å². The van der Waals surface area contributed by atoms with E-state index in [-0.39, 0.29) is 12.4 Å². The van der Waals surface area contributed by atoms with Gasteiger partial charge >= 0.3 is 0 Å². The molecule has 0 unspecified atom stereocenters. The average Bonchev–Trinajstić information content (AvgIpc) is 2.51. The van der Waals surface area contributed by atoms with E-state index in [0.29, 0.717) is 0 Å². The molecule has 0 amide bonds. The van der Waals surface area contributed by atoms with Gasteiger partial charge in [-0.25, -0.2) is 0 Å². The maximum Gasteiger partial charge on any atom is 0.00412 e. The third-order valence-corrected chi connectivity index (χ3v) is 5.55. The fourth-order valence-corrected chi connectivity index (χ4v) is 5.53. The molecule has 5 fully saturated rings. The zero-order chi connectivity index (χ0) is 7.97. The lowest BCUT2D eigenvalue weighted by atomic mass is 9.71. The van der Waals surface area contributed by atoms with Crippen molar-refractivity contribution in [3.05, 3.63) is 0 Å². The number of likely N-dealkylation sites (tertiary alicyclic amines) is 1. The molecule has 1 aliphatic heterocycles. The summed E-state index contributed by atoms with van der Waals surface area (Å²) in [6.07, 6.45) is 6.40. The van der Waals surface area contributed by atoms with Crippen LogP contribution in [0.25, 0.3) is 0 Å². The van der Waals surface area contributed by atoms with Crippen molar-refractivity contribution in [1.82, 2.24) is 4.90 Å². The van der Waals surface area contributed by atoms with Crippen molar-refractivity contribution < 1.29 is 0 Å². The Kier molecular flexibility index (Phi) is 1.37. The van der Waals surface area contributed by atoms with Gasteiger partial charge in [0.05, 0.1) is 0 Å². The molecule has 0 aromatic carbocycles. The summed E-state index contributed by atoms with van der Waals surface area (Å²) in [7, 11) is 2.32. The number of halogens is 1. The molecule has 4 aliphatic carbocycles. The van der Waals surface area contributed by atoms with Crippen LogP contribution in [-0.2, 0) is 0 Å². The molecule has 74 valence electrons. The van der Waals surface area contributed by atoms with Crippen LogP contribution >= 0.6 is 12.4 Å². The molecule has 0 radical (unpaired) electrons. The fourth-order valence-electron chi connectivity index (χ4n) is 5.53. The zero-order valence-corrected chi connectivity index (χ0v) is 9.07. The normalized spacial score (nSPS) is 61.6. The van der Waals surface area contributed by atoms with Gasteiger partial charge in [-0.15, -0.1) is 12.4 Å². The molecule has 0 N–H and O–H groups in total. The summed E-state index contributed by atoms with van der Waals surface area (Å²) in [5.41, 5.74) is 1.66. The Morgan fingerprint density at radius 1 is 0.923 bits per heavy atom. The van der Waals surface area contributed by atoms with Gasteiger partial charge in [-0.3, -0.25) is 0 Å². The number of nitrogens with zero attached hydrogens (tertiary/aromatic N) is 1. The van der Waals surface area contributed by atoms with Crippen molar-refractivity contribution in [1.29, 1.82) is 0 Å². The molecule has 1 nitrogen and oxygen atoms in total. The molecular weight excluding hydrogens is 182 g/mol. The lowest BCUT2D eigenvalue weighted by Crippen LogP contribution is -2.30. The van der Waals surface area contributed by atoms with E-state index in [1.165, 1.54) is 24.9 Å². The number of rotatable bonds is 0. The van der Waals surface area contributed by atoms with Gasteiger partial charge in [0.25, 0.3) is 0 Å². The highest BCUT2D eigenvalue weighted by atomic mass is 35.5. The standard InChI is InChI=1S/C11H17N.ClH/c1-12-6-10-2-8-3-11(10,7-12)5-9(8)4-10;/h8-9H,2-7H2,1H3;1H. The minimum atomic E-state index is 0. The smallest absolute Gasteiger partial charge is 0.00412 e. The van der Waals surface area contributed by atoms with E-state index in [2.05, 4.69) is 11.9 Å². The fraction of sp³-hybridized carbons (Fsp3) is 1.00. The average molecular weight is 200 g/mol. The van der Waals surface area contributed by atoms with E-state index in [1.807, 2.05) is 0 Å². The maximum atomic E-state index is 2.60. The van der Waals surface area contributed by atoms with Gasteiger partial charge in [0.2, 0.25) is 0 Å². The van der Waals surface area contributed by atoms with Crippen molar-refractivity contribution in [2.45, 2.75) is 25.7 Å². The van der Waals surface area contributed by atoms with Crippen LogP contribution in [0.2, 0.25) is 0 Å². The van der Waals surface area contributed by atoms with Crippen LogP contribution in [0.3, 0.4) is 0 Å². The van der Waals surface area contributed by atoms with Gasteiger partial charge in [0.1, 0.15) is 0 Å². The van der Waals surface area contributed by atoms with E-state index in [1.54, 1.807) is 25.7 Å². The third-order valence-electron chi connectivity index (χ3n) is 5.55. The number of hydrogen-bond acceptors (Lipinski definition) is 1. The lowest BCUT2D eigenvalue weighted by molar-refractivity contribution is 0.184. The first kappa shape index (κ1) is 8.55. The van der Waals surface area contributed by atoms with Crippen LogP contribution in [0.4, 0.5) is 0 Å². The van der Waals surface area contributed by atoms with E-state index in [9.17, 15) is 0 Å². The first-order valence-corrected chi connectivity index (χ1v) is 5.42. The van der Waals surface area contributed by atoms with E-state index >= 15 is 0 Å². The van der Waals surface area contributed by atoms with Crippen molar-refractivity contribution in [2.24, 2.45) is 22.7 Å². The minimum absolute atomic E-state index is 0. The van der Waals surface area contributed by atoms with Gasteiger partial charge in [0, 0.05) is 13.1 Å². The van der Waals surface area contributed by atoms with Gasteiger partial charge in [-0.05, 0) is 55.4 Å². The summed E-state index contributed by atoms with van der Waals surface area (Å²) in [5, 5.41) is 0. The topological polar surface area (TPSA) is 3.24 Å². The Morgan fingerprint density at radius 3 is 1.69 bits per heavy atom. The molecule has 4 bridgehead atoms. The largest absolute Gasteiger partial charge is 0.305 e. The molecule has 0 aromatic heterocycles. The Labute approximate surface area is 86.3 Å². The Hall–Kier alpha value is 0.250. The summed E-state index contributed by atoms with van der Waals surface area (Å²) in [5.74, 6) is 2.33. The van der Waals surface area contributed by atoms with Crippen LogP contribution in [0.15, 0.2) is 0 Å². The predicted octanol–water partition coefficient (Wildman–Crippen LogP) is 2.16. The quantitative estimate of drug-likeness (QED) is 0.578. The molecule has 1 saturated heterocycles. The Balaban J connectivity index is 0.000000562. The Bertz CT molecular complexity index is 225. The molecule has 5 rings (SSSR count). The molecule has 2 spiro atoms. The summed E-state index contributed by atoms with van der Waals surface area (Å²) in [6.45, 7) is 2.86. The van der Waals surface area contributed by atoms with Gasteiger partial charge in [-0.2, -0.15) is 0 Å². The summed E-state index contributed by atoms with van der Waals surface area (Å²) in [6, 6.07) is 0. The highest BCUT2D eigenvalue weighted by Crippen LogP contribution is 2.78. The van der Waals surface area contributed by atoms with Crippen LogP contribution in [0, 0.1) is 22.7 Å². The monoisotopic (exact) mass is 199 g/mol. The highest BCUT2D eigenvalue weighted by molar-refractivity contribution is 5.85. The first-order valence-electron chi connectivity index (χ1n) is 5.42. The van der Waals surface area contributed by atoms with Crippen molar-refractivity contribution in [3.63, 3.8) is 0 Å². The highest BCUT2D eigenvalue weighted by Gasteiger charge is 2.73. The van der Waals surface area contributed by atoms with Crippen LogP contribution in [-0.4, -0.2) is 25.0 Å². The molecular formula is C11H18ClN. The third kappa shape index (κ3) is 0.688. The van der Waals surface area contributed by atoms with Crippen molar-refractivity contribution >= 4 is 12.4 Å². The zero-order valence-electron chi connectivity index (χ0n) is 8.25. The second-order valence-corrected chi connectivity index (χ2v) is 6.07. The van der Waals surface area contributed by atoms with Crippen LogP contribution in [0.5, 0.6) is 0 Å². The Morgan fingerprint density at radius 2 is 1.31 bits per heavy atom. The molecule has 2 heteroatoms. The molecule has 0 aromatic rings. The van der Waals surface area contributed by atoms with Crippen LogP contribution in [0.1, 0.15) is 25.7 Å². The molecule has 0 atom stereocenters. The van der Waals surface area contributed by atoms with Crippen LogP contribution < -0.4 is 0 Å². The summed E-state index contributed by atoms with van der Waals surface area (Å²) < 4.78 is 0. The molecule has 1 heterocycles. The van der Waals surface area contributed by atoms with E-state index in [4.69, 9.17) is 0 Å². The lowest BCUT2D eigenvalue weighted by Gasteiger charge is -2.32. The predicted molar refractivity (Wildman–Crippen MR) is 55.1 cm³/mol. The number of hydrogen-bond donors (Lipinski definition) is 0. The SMILES string of the molecule is CN1CC23CC4CC2(CC4C3)C1.Cl. The van der Waals surface area contributed by atoms with Crippen molar-refractivity contribution in [2.75, 3.05) is 20.1 Å². The van der Waals surface area contributed by atoms with E-state index in [0.717, 1.165) is 10.8 Å². The molecule has 5 aliphatic rings. The maximum absolute atomic E-state index is 2.60.